The number of para-hydroxylation sites is 1. The Kier molecular flexibility index (Phi) is 3.87. The Hall–Kier alpha value is -1.55. The van der Waals surface area contributed by atoms with Crippen molar-refractivity contribution in [3.8, 4) is 5.75 Å². The van der Waals surface area contributed by atoms with Gasteiger partial charge in [0.2, 0.25) is 0 Å². The first kappa shape index (κ1) is 12.9. The fraction of sp³-hybridized carbons (Fsp3) is 0.143. The highest BCUT2D eigenvalue weighted by molar-refractivity contribution is 9.10. The fourth-order valence-corrected chi connectivity index (χ4v) is 2.15. The number of nitrogens with one attached hydrogen (secondary N) is 1. The molecular formula is C14H13BrFNO. The van der Waals surface area contributed by atoms with Crippen molar-refractivity contribution >= 4 is 21.6 Å². The summed E-state index contributed by atoms with van der Waals surface area (Å²) in [6.45, 7) is 2.35. The number of anilines is 1. The van der Waals surface area contributed by atoms with Crippen LogP contribution in [0, 0.1) is 12.7 Å². The van der Waals surface area contributed by atoms with E-state index in [2.05, 4.69) is 21.2 Å². The van der Waals surface area contributed by atoms with E-state index in [9.17, 15) is 9.50 Å². The Morgan fingerprint density at radius 3 is 2.72 bits per heavy atom. The zero-order valence-corrected chi connectivity index (χ0v) is 11.5. The van der Waals surface area contributed by atoms with Crippen LogP contribution in [0.25, 0.3) is 0 Å². The van der Waals surface area contributed by atoms with Gasteiger partial charge < -0.3 is 10.4 Å². The quantitative estimate of drug-likeness (QED) is 0.890. The zero-order chi connectivity index (χ0) is 13.1. The number of aromatic hydroxyl groups is 1. The number of phenols is 1. The summed E-state index contributed by atoms with van der Waals surface area (Å²) in [7, 11) is 0. The molecule has 2 N–H and O–H groups in total. The molecule has 94 valence electrons. The van der Waals surface area contributed by atoms with E-state index in [1.165, 1.54) is 6.07 Å². The minimum Gasteiger partial charge on any atom is -0.508 e. The lowest BCUT2D eigenvalue weighted by Crippen LogP contribution is -2.02. The van der Waals surface area contributed by atoms with Crippen molar-refractivity contribution in [2.24, 2.45) is 0 Å². The average Bonchev–Trinajstić information content (AvgIpc) is 2.34. The van der Waals surface area contributed by atoms with E-state index in [-0.39, 0.29) is 11.6 Å². The van der Waals surface area contributed by atoms with Crippen LogP contribution < -0.4 is 5.32 Å². The number of phenolic OH excluding ortho intramolecular Hbond substituents is 1. The van der Waals surface area contributed by atoms with Gasteiger partial charge in [0.15, 0.2) is 0 Å². The molecule has 0 bridgehead atoms. The number of halogens is 2. The predicted octanol–water partition coefficient (Wildman–Crippen LogP) is 4.21. The molecule has 0 spiro atoms. The molecule has 2 aromatic carbocycles. The van der Waals surface area contributed by atoms with Crippen molar-refractivity contribution in [1.29, 1.82) is 0 Å². The van der Waals surface area contributed by atoms with Gasteiger partial charge in [0.05, 0.1) is 4.47 Å². The second-order valence-corrected chi connectivity index (χ2v) is 4.92. The number of hydrogen-bond acceptors (Lipinski definition) is 2. The summed E-state index contributed by atoms with van der Waals surface area (Å²) in [6.07, 6.45) is 0. The number of rotatable bonds is 3. The van der Waals surface area contributed by atoms with Crippen molar-refractivity contribution < 1.29 is 9.50 Å². The van der Waals surface area contributed by atoms with E-state index in [0.29, 0.717) is 11.0 Å². The van der Waals surface area contributed by atoms with Gasteiger partial charge in [-0.2, -0.15) is 0 Å². The molecule has 0 aliphatic carbocycles. The van der Waals surface area contributed by atoms with Crippen LogP contribution in [0.2, 0.25) is 0 Å². The molecule has 0 aromatic heterocycles. The molecule has 4 heteroatoms. The van der Waals surface area contributed by atoms with Crippen LogP contribution in [-0.2, 0) is 6.54 Å². The number of hydrogen-bond donors (Lipinski definition) is 2. The minimum absolute atomic E-state index is 0.236. The van der Waals surface area contributed by atoms with E-state index in [0.717, 1.165) is 16.8 Å². The van der Waals surface area contributed by atoms with E-state index < -0.39 is 0 Å². The lowest BCUT2D eigenvalue weighted by atomic mass is 10.1. The Balaban J connectivity index is 2.16. The van der Waals surface area contributed by atoms with Crippen LogP contribution in [0.1, 0.15) is 11.1 Å². The maximum atomic E-state index is 13.4. The lowest BCUT2D eigenvalue weighted by molar-refractivity contribution is 0.469. The van der Waals surface area contributed by atoms with Crippen molar-refractivity contribution in [3.05, 3.63) is 57.8 Å². The summed E-state index contributed by atoms with van der Waals surface area (Å²) >= 11 is 3.15. The third-order valence-electron chi connectivity index (χ3n) is 2.73. The van der Waals surface area contributed by atoms with Gasteiger partial charge in [-0.1, -0.05) is 18.2 Å². The zero-order valence-electron chi connectivity index (χ0n) is 9.87. The van der Waals surface area contributed by atoms with Gasteiger partial charge >= 0.3 is 0 Å². The first-order valence-electron chi connectivity index (χ1n) is 5.54. The molecule has 0 atom stereocenters. The average molecular weight is 310 g/mol. The summed E-state index contributed by atoms with van der Waals surface area (Å²) in [5, 5.41) is 12.8. The van der Waals surface area contributed by atoms with Crippen molar-refractivity contribution in [3.63, 3.8) is 0 Å². The highest BCUT2D eigenvalue weighted by Crippen LogP contribution is 2.25. The molecular weight excluding hydrogens is 297 g/mol. The van der Waals surface area contributed by atoms with Crippen LogP contribution in [0.15, 0.2) is 40.9 Å². The molecule has 0 aliphatic heterocycles. The monoisotopic (exact) mass is 309 g/mol. The summed E-state index contributed by atoms with van der Waals surface area (Å²) in [5.74, 6) is -0.0689. The van der Waals surface area contributed by atoms with Gasteiger partial charge in [0.25, 0.3) is 0 Å². The highest BCUT2D eigenvalue weighted by Gasteiger charge is 2.06. The summed E-state index contributed by atoms with van der Waals surface area (Å²) in [4.78, 5) is 0. The van der Waals surface area contributed by atoms with Crippen LogP contribution in [0.3, 0.4) is 0 Å². The molecule has 0 radical (unpaired) electrons. The Labute approximate surface area is 114 Å². The molecule has 0 amide bonds. The molecule has 2 aromatic rings. The second kappa shape index (κ2) is 5.40. The van der Waals surface area contributed by atoms with Gasteiger partial charge in [-0.25, -0.2) is 4.39 Å². The van der Waals surface area contributed by atoms with Gasteiger partial charge in [0.1, 0.15) is 11.6 Å². The predicted molar refractivity (Wildman–Crippen MR) is 74.3 cm³/mol. The molecule has 0 saturated carbocycles. The smallest absolute Gasteiger partial charge is 0.139 e. The van der Waals surface area contributed by atoms with Crippen molar-refractivity contribution in [1.82, 2.24) is 0 Å². The largest absolute Gasteiger partial charge is 0.508 e. The highest BCUT2D eigenvalue weighted by atomic mass is 79.9. The molecule has 2 rings (SSSR count). The first-order valence-corrected chi connectivity index (χ1v) is 6.33. The van der Waals surface area contributed by atoms with Crippen LogP contribution in [-0.4, -0.2) is 5.11 Å². The molecule has 0 heterocycles. The topological polar surface area (TPSA) is 32.3 Å². The van der Waals surface area contributed by atoms with Gasteiger partial charge in [-0.15, -0.1) is 0 Å². The van der Waals surface area contributed by atoms with Gasteiger partial charge in [-0.3, -0.25) is 0 Å². The third kappa shape index (κ3) is 2.82. The van der Waals surface area contributed by atoms with Crippen LogP contribution in [0.4, 0.5) is 10.1 Å². The fourth-order valence-electron chi connectivity index (χ4n) is 1.69. The molecule has 0 fully saturated rings. The summed E-state index contributed by atoms with van der Waals surface area (Å²) in [6, 6.07) is 10.2. The van der Waals surface area contributed by atoms with Gasteiger partial charge in [0, 0.05) is 17.8 Å². The Morgan fingerprint density at radius 2 is 2.00 bits per heavy atom. The molecule has 0 aliphatic rings. The summed E-state index contributed by atoms with van der Waals surface area (Å²) in [5.41, 5.74) is 2.44. The standard InChI is InChI=1S/C14H13BrFNO/c1-9-6-11(15)12(16)7-13(9)17-8-10-4-2-3-5-14(10)18/h2-7,17-18H,8H2,1H3. The molecule has 0 saturated heterocycles. The maximum absolute atomic E-state index is 13.4. The SMILES string of the molecule is Cc1cc(Br)c(F)cc1NCc1ccccc1O. The van der Waals surface area contributed by atoms with E-state index >= 15 is 0 Å². The summed E-state index contributed by atoms with van der Waals surface area (Å²) < 4.78 is 13.9. The normalized spacial score (nSPS) is 10.4. The maximum Gasteiger partial charge on any atom is 0.139 e. The van der Waals surface area contributed by atoms with E-state index in [1.54, 1.807) is 18.2 Å². The van der Waals surface area contributed by atoms with Crippen LogP contribution in [0.5, 0.6) is 5.75 Å². The minimum atomic E-state index is -0.305. The molecule has 2 nitrogen and oxygen atoms in total. The third-order valence-corrected chi connectivity index (χ3v) is 3.34. The molecule has 18 heavy (non-hydrogen) atoms. The second-order valence-electron chi connectivity index (χ2n) is 4.06. The van der Waals surface area contributed by atoms with Gasteiger partial charge in [-0.05, 0) is 46.6 Å². The lowest BCUT2D eigenvalue weighted by Gasteiger charge is -2.11. The molecule has 0 unspecified atom stereocenters. The van der Waals surface area contributed by atoms with Crippen LogP contribution >= 0.6 is 15.9 Å². The Bertz CT molecular complexity index is 572. The van der Waals surface area contributed by atoms with Crippen molar-refractivity contribution in [2.45, 2.75) is 13.5 Å². The van der Waals surface area contributed by atoms with E-state index in [1.807, 2.05) is 19.1 Å². The first-order chi connectivity index (χ1) is 8.58. The number of aryl methyl sites for hydroxylation is 1. The van der Waals surface area contributed by atoms with E-state index in [4.69, 9.17) is 0 Å². The number of benzene rings is 2. The Morgan fingerprint density at radius 1 is 1.28 bits per heavy atom. The van der Waals surface area contributed by atoms with Crippen molar-refractivity contribution in [2.75, 3.05) is 5.32 Å².